The maximum atomic E-state index is 5.37. The Morgan fingerprint density at radius 2 is 2.04 bits per heavy atom. The molecule has 0 aliphatic rings. The lowest BCUT2D eigenvalue weighted by molar-refractivity contribution is 0.0310. The molecule has 0 spiro atoms. The van der Waals surface area contributed by atoms with Crippen LogP contribution in [0.3, 0.4) is 0 Å². The van der Waals surface area contributed by atoms with Crippen molar-refractivity contribution in [2.75, 3.05) is 26.7 Å². The summed E-state index contributed by atoms with van der Waals surface area (Å²) in [6.45, 7) is 12.2. The van der Waals surface area contributed by atoms with Crippen LogP contribution < -0.4 is 10.6 Å². The van der Waals surface area contributed by atoms with Gasteiger partial charge in [-0.2, -0.15) is 4.98 Å². The number of nitrogens with one attached hydrogen (secondary N) is 2. The standard InChI is InChI=1S/C15H29N5O2.HI/c1-7-16-14(18-10-15(4,5)21-6)17-9-8-12-19-13(11(2)3)20-22-12;/h11H,7-10H2,1-6H3,(H2,16,17,18);1H. The predicted octanol–water partition coefficient (Wildman–Crippen LogP) is 2.33. The maximum Gasteiger partial charge on any atom is 0.228 e. The number of nitrogens with zero attached hydrogens (tertiary/aromatic N) is 3. The van der Waals surface area contributed by atoms with Crippen molar-refractivity contribution in [1.29, 1.82) is 0 Å². The molecule has 0 aliphatic carbocycles. The molecule has 23 heavy (non-hydrogen) atoms. The van der Waals surface area contributed by atoms with Crippen LogP contribution in [0.15, 0.2) is 9.52 Å². The van der Waals surface area contributed by atoms with Gasteiger partial charge in [-0.25, -0.2) is 0 Å². The molecular weight excluding hydrogens is 409 g/mol. The number of guanidine groups is 1. The normalized spacial score (nSPS) is 12.2. The minimum absolute atomic E-state index is 0. The van der Waals surface area contributed by atoms with Crippen molar-refractivity contribution in [3.8, 4) is 0 Å². The molecule has 1 aromatic heterocycles. The van der Waals surface area contributed by atoms with Gasteiger partial charge in [-0.1, -0.05) is 19.0 Å². The molecule has 1 aromatic rings. The zero-order chi connectivity index (χ0) is 16.6. The summed E-state index contributed by atoms with van der Waals surface area (Å²) in [6, 6.07) is 0. The third-order valence-corrected chi connectivity index (χ3v) is 3.15. The van der Waals surface area contributed by atoms with Gasteiger partial charge < -0.3 is 19.9 Å². The molecule has 2 N–H and O–H groups in total. The average molecular weight is 439 g/mol. The molecule has 0 saturated heterocycles. The highest BCUT2D eigenvalue weighted by Crippen LogP contribution is 2.09. The second kappa shape index (κ2) is 10.8. The van der Waals surface area contributed by atoms with Crippen LogP contribution in [0.5, 0.6) is 0 Å². The first-order valence-electron chi connectivity index (χ1n) is 7.77. The summed E-state index contributed by atoms with van der Waals surface area (Å²) in [7, 11) is 1.69. The summed E-state index contributed by atoms with van der Waals surface area (Å²) in [5, 5.41) is 10.4. The SMILES string of the molecule is CCNC(=NCC(C)(C)OC)NCCc1nc(C(C)C)no1.I. The first-order chi connectivity index (χ1) is 10.4. The Morgan fingerprint density at radius 3 is 2.57 bits per heavy atom. The lowest BCUT2D eigenvalue weighted by Gasteiger charge is -2.21. The quantitative estimate of drug-likeness (QED) is 0.368. The van der Waals surface area contributed by atoms with Gasteiger partial charge in [-0.05, 0) is 20.8 Å². The monoisotopic (exact) mass is 439 g/mol. The van der Waals surface area contributed by atoms with Gasteiger partial charge in [-0.3, -0.25) is 4.99 Å². The van der Waals surface area contributed by atoms with E-state index in [0.29, 0.717) is 25.4 Å². The fourth-order valence-electron chi connectivity index (χ4n) is 1.57. The van der Waals surface area contributed by atoms with E-state index in [1.807, 2.05) is 34.6 Å². The molecule has 0 unspecified atom stereocenters. The van der Waals surface area contributed by atoms with Crippen molar-refractivity contribution >= 4 is 29.9 Å². The van der Waals surface area contributed by atoms with E-state index in [1.54, 1.807) is 7.11 Å². The molecule has 0 aliphatic heterocycles. The number of hydrogen-bond donors (Lipinski definition) is 2. The van der Waals surface area contributed by atoms with E-state index in [9.17, 15) is 0 Å². The van der Waals surface area contributed by atoms with Crippen LogP contribution in [0.4, 0.5) is 0 Å². The molecule has 1 rings (SSSR count). The van der Waals surface area contributed by atoms with Crippen molar-refractivity contribution in [2.45, 2.75) is 52.6 Å². The van der Waals surface area contributed by atoms with E-state index in [-0.39, 0.29) is 35.5 Å². The number of aromatic nitrogens is 2. The van der Waals surface area contributed by atoms with Gasteiger partial charge in [0.05, 0.1) is 12.1 Å². The molecule has 0 fully saturated rings. The van der Waals surface area contributed by atoms with E-state index in [2.05, 4.69) is 25.8 Å². The Morgan fingerprint density at radius 1 is 1.35 bits per heavy atom. The zero-order valence-corrected chi connectivity index (χ0v) is 17.3. The average Bonchev–Trinajstić information content (AvgIpc) is 2.94. The van der Waals surface area contributed by atoms with Crippen LogP contribution in [0.1, 0.15) is 52.3 Å². The van der Waals surface area contributed by atoms with Crippen LogP contribution in [-0.2, 0) is 11.2 Å². The van der Waals surface area contributed by atoms with Gasteiger partial charge in [0.1, 0.15) is 0 Å². The predicted molar refractivity (Wildman–Crippen MR) is 103 cm³/mol. The molecule has 1 heterocycles. The minimum Gasteiger partial charge on any atom is -0.377 e. The lowest BCUT2D eigenvalue weighted by Crippen LogP contribution is -2.40. The van der Waals surface area contributed by atoms with Crippen molar-refractivity contribution in [3.05, 3.63) is 11.7 Å². The highest BCUT2D eigenvalue weighted by molar-refractivity contribution is 14.0. The van der Waals surface area contributed by atoms with Gasteiger partial charge in [0.25, 0.3) is 0 Å². The molecule has 0 amide bonds. The summed E-state index contributed by atoms with van der Waals surface area (Å²) in [5.74, 6) is 2.43. The van der Waals surface area contributed by atoms with Gasteiger partial charge in [0.15, 0.2) is 11.8 Å². The van der Waals surface area contributed by atoms with Crippen molar-refractivity contribution in [1.82, 2.24) is 20.8 Å². The van der Waals surface area contributed by atoms with Gasteiger partial charge in [0, 0.05) is 32.5 Å². The third-order valence-electron chi connectivity index (χ3n) is 3.15. The van der Waals surface area contributed by atoms with Crippen LogP contribution in [0, 0.1) is 0 Å². The summed E-state index contributed by atoms with van der Waals surface area (Å²) in [6.07, 6.45) is 0.664. The topological polar surface area (TPSA) is 84.6 Å². The summed E-state index contributed by atoms with van der Waals surface area (Å²) in [5.41, 5.74) is -0.277. The van der Waals surface area contributed by atoms with Gasteiger partial charge in [0.2, 0.25) is 5.89 Å². The number of aliphatic imine (C=N–C) groups is 1. The molecule has 0 aromatic carbocycles. The highest BCUT2D eigenvalue weighted by Gasteiger charge is 2.15. The maximum absolute atomic E-state index is 5.37. The molecule has 0 saturated carbocycles. The third kappa shape index (κ3) is 8.50. The molecule has 0 radical (unpaired) electrons. The Hall–Kier alpha value is -0.900. The number of rotatable bonds is 8. The van der Waals surface area contributed by atoms with Crippen LogP contribution in [0.2, 0.25) is 0 Å². The highest BCUT2D eigenvalue weighted by atomic mass is 127. The van der Waals surface area contributed by atoms with Crippen molar-refractivity contribution in [2.24, 2.45) is 4.99 Å². The number of ether oxygens (including phenoxy) is 1. The minimum atomic E-state index is -0.277. The summed E-state index contributed by atoms with van der Waals surface area (Å²) >= 11 is 0. The Bertz CT molecular complexity index is 474. The smallest absolute Gasteiger partial charge is 0.228 e. The van der Waals surface area contributed by atoms with Crippen molar-refractivity contribution < 1.29 is 9.26 Å². The van der Waals surface area contributed by atoms with E-state index in [0.717, 1.165) is 18.3 Å². The second-order valence-electron chi connectivity index (χ2n) is 6.04. The number of methoxy groups -OCH3 is 1. The Labute approximate surface area is 156 Å². The Balaban J connectivity index is 0.00000484. The summed E-state index contributed by atoms with van der Waals surface area (Å²) in [4.78, 5) is 8.88. The first kappa shape index (κ1) is 22.1. The zero-order valence-electron chi connectivity index (χ0n) is 15.0. The molecule has 0 bridgehead atoms. The largest absolute Gasteiger partial charge is 0.377 e. The fraction of sp³-hybridized carbons (Fsp3) is 0.800. The number of hydrogen-bond acceptors (Lipinski definition) is 5. The second-order valence-corrected chi connectivity index (χ2v) is 6.04. The molecule has 8 heteroatoms. The van der Waals surface area contributed by atoms with Crippen LogP contribution in [0.25, 0.3) is 0 Å². The van der Waals surface area contributed by atoms with E-state index >= 15 is 0 Å². The first-order valence-corrected chi connectivity index (χ1v) is 7.77. The molecular formula is C15H30IN5O2. The van der Waals surface area contributed by atoms with E-state index in [1.165, 1.54) is 0 Å². The van der Waals surface area contributed by atoms with Crippen LogP contribution in [-0.4, -0.2) is 48.4 Å². The van der Waals surface area contributed by atoms with Crippen LogP contribution >= 0.6 is 24.0 Å². The Kier molecular flexibility index (Phi) is 10.4. The van der Waals surface area contributed by atoms with E-state index < -0.39 is 0 Å². The van der Waals surface area contributed by atoms with Gasteiger partial charge in [-0.15, -0.1) is 24.0 Å². The molecule has 0 atom stereocenters. The number of halogens is 1. The van der Waals surface area contributed by atoms with E-state index in [4.69, 9.17) is 9.26 Å². The van der Waals surface area contributed by atoms with Gasteiger partial charge >= 0.3 is 0 Å². The molecule has 134 valence electrons. The lowest BCUT2D eigenvalue weighted by atomic mass is 10.1. The van der Waals surface area contributed by atoms with Crippen molar-refractivity contribution in [3.63, 3.8) is 0 Å². The fourth-order valence-corrected chi connectivity index (χ4v) is 1.57. The summed E-state index contributed by atoms with van der Waals surface area (Å²) < 4.78 is 10.6. The molecule has 7 nitrogen and oxygen atoms in total.